The third-order valence-corrected chi connectivity index (χ3v) is 3.76. The highest BCUT2D eigenvalue weighted by Gasteiger charge is 2.08. The van der Waals surface area contributed by atoms with E-state index in [-0.39, 0.29) is 0 Å². The third-order valence-electron chi connectivity index (χ3n) is 2.29. The first kappa shape index (κ1) is 12.2. The van der Waals surface area contributed by atoms with Gasteiger partial charge >= 0.3 is 0 Å². The quantitative estimate of drug-likeness (QED) is 0.801. The summed E-state index contributed by atoms with van der Waals surface area (Å²) >= 11 is 0. The molecule has 0 bridgehead atoms. The number of hydrogen-bond donors (Lipinski definition) is 1. The van der Waals surface area contributed by atoms with Gasteiger partial charge in [-0.1, -0.05) is 19.9 Å². The van der Waals surface area contributed by atoms with Crippen molar-refractivity contribution in [3.8, 4) is 0 Å². The van der Waals surface area contributed by atoms with E-state index in [9.17, 15) is 4.21 Å². The molecule has 0 aliphatic rings. The van der Waals surface area contributed by atoms with Crippen LogP contribution in [-0.4, -0.2) is 9.96 Å². The molecule has 1 rings (SSSR count). The van der Waals surface area contributed by atoms with E-state index in [1.54, 1.807) is 0 Å². The molecule has 1 aromatic carbocycles. The van der Waals surface area contributed by atoms with Crippen LogP contribution in [0.4, 0.5) is 5.69 Å². The molecule has 15 heavy (non-hydrogen) atoms. The van der Waals surface area contributed by atoms with Crippen LogP contribution in [-0.2, 0) is 10.8 Å². The summed E-state index contributed by atoms with van der Waals surface area (Å²) in [6.07, 6.45) is 0.972. The molecule has 3 heteroatoms. The van der Waals surface area contributed by atoms with Gasteiger partial charge in [0.2, 0.25) is 0 Å². The van der Waals surface area contributed by atoms with Crippen molar-refractivity contribution in [3.05, 3.63) is 23.8 Å². The van der Waals surface area contributed by atoms with Crippen LogP contribution in [0.3, 0.4) is 0 Å². The molecule has 2 nitrogen and oxygen atoms in total. The van der Waals surface area contributed by atoms with Crippen LogP contribution in [0.15, 0.2) is 23.1 Å². The molecule has 0 aliphatic heterocycles. The predicted octanol–water partition coefficient (Wildman–Crippen LogP) is 2.73. The largest absolute Gasteiger partial charge is 0.398 e. The van der Waals surface area contributed by atoms with Gasteiger partial charge < -0.3 is 5.73 Å². The normalized spacial score (nSPS) is 13.1. The number of hydrogen-bond acceptors (Lipinski definition) is 2. The first-order chi connectivity index (χ1) is 7.00. The molecular formula is C12H19NOS. The zero-order valence-corrected chi connectivity index (χ0v) is 10.4. The van der Waals surface area contributed by atoms with Crippen molar-refractivity contribution in [3.63, 3.8) is 0 Å². The zero-order valence-electron chi connectivity index (χ0n) is 9.62. The van der Waals surface area contributed by atoms with E-state index in [2.05, 4.69) is 13.8 Å². The lowest BCUT2D eigenvalue weighted by molar-refractivity contribution is 0.619. The maximum atomic E-state index is 11.9. The van der Waals surface area contributed by atoms with Gasteiger partial charge in [-0.15, -0.1) is 0 Å². The van der Waals surface area contributed by atoms with E-state index in [4.69, 9.17) is 5.73 Å². The van der Waals surface area contributed by atoms with Crippen LogP contribution in [0, 0.1) is 12.8 Å². The molecule has 84 valence electrons. The predicted molar refractivity (Wildman–Crippen MR) is 66.3 cm³/mol. The molecule has 0 amide bonds. The van der Waals surface area contributed by atoms with E-state index < -0.39 is 10.8 Å². The number of nitrogen functional groups attached to an aromatic ring is 1. The van der Waals surface area contributed by atoms with Crippen molar-refractivity contribution in [2.45, 2.75) is 32.1 Å². The maximum absolute atomic E-state index is 11.9. The highest BCUT2D eigenvalue weighted by Crippen LogP contribution is 2.19. The van der Waals surface area contributed by atoms with Gasteiger partial charge in [-0.3, -0.25) is 4.21 Å². The lowest BCUT2D eigenvalue weighted by atomic mass is 10.2. The monoisotopic (exact) mass is 225 g/mol. The Balaban J connectivity index is 2.74. The van der Waals surface area contributed by atoms with Gasteiger partial charge in [0, 0.05) is 11.4 Å². The van der Waals surface area contributed by atoms with Crippen LogP contribution in [0.1, 0.15) is 25.8 Å². The van der Waals surface area contributed by atoms with Crippen LogP contribution in [0.25, 0.3) is 0 Å². The number of aryl methyl sites for hydroxylation is 1. The Morgan fingerprint density at radius 3 is 2.60 bits per heavy atom. The molecule has 0 radical (unpaired) electrons. The minimum absolute atomic E-state index is 0.584. The molecule has 0 fully saturated rings. The first-order valence-corrected chi connectivity index (χ1v) is 6.57. The number of nitrogens with two attached hydrogens (primary N) is 1. The fraction of sp³-hybridized carbons (Fsp3) is 0.500. The molecule has 1 atom stereocenters. The second-order valence-electron chi connectivity index (χ2n) is 4.27. The lowest BCUT2D eigenvalue weighted by Crippen LogP contribution is -2.04. The Labute approximate surface area is 94.3 Å². The summed E-state index contributed by atoms with van der Waals surface area (Å²) in [7, 11) is -0.949. The molecule has 1 unspecified atom stereocenters. The van der Waals surface area contributed by atoms with Crippen molar-refractivity contribution < 1.29 is 4.21 Å². The summed E-state index contributed by atoms with van der Waals surface area (Å²) in [6.45, 7) is 6.25. The van der Waals surface area contributed by atoms with Gasteiger partial charge in [0.15, 0.2) is 0 Å². The average molecular weight is 225 g/mol. The smallest absolute Gasteiger partial charge is 0.0617 e. The molecule has 0 saturated heterocycles. The minimum Gasteiger partial charge on any atom is -0.398 e. The van der Waals surface area contributed by atoms with Crippen molar-refractivity contribution in [2.75, 3.05) is 11.5 Å². The first-order valence-electron chi connectivity index (χ1n) is 5.25. The summed E-state index contributed by atoms with van der Waals surface area (Å²) in [4.78, 5) is 0.779. The van der Waals surface area contributed by atoms with E-state index >= 15 is 0 Å². The molecule has 0 heterocycles. The van der Waals surface area contributed by atoms with Gasteiger partial charge in [-0.2, -0.15) is 0 Å². The van der Waals surface area contributed by atoms with Gasteiger partial charge in [0.25, 0.3) is 0 Å². The van der Waals surface area contributed by atoms with Crippen molar-refractivity contribution >= 4 is 16.5 Å². The Kier molecular flexibility index (Phi) is 4.33. The van der Waals surface area contributed by atoms with Gasteiger partial charge in [-0.25, -0.2) is 0 Å². The van der Waals surface area contributed by atoms with Gasteiger partial charge in [-0.05, 0) is 37.0 Å². The summed E-state index contributed by atoms with van der Waals surface area (Å²) in [5.41, 5.74) is 7.59. The van der Waals surface area contributed by atoms with Crippen molar-refractivity contribution in [1.82, 2.24) is 0 Å². The summed E-state index contributed by atoms with van der Waals surface area (Å²) in [5.74, 6) is 1.28. The zero-order chi connectivity index (χ0) is 11.4. The number of rotatable bonds is 4. The molecule has 0 spiro atoms. The Hall–Kier alpha value is -0.830. The fourth-order valence-electron chi connectivity index (χ4n) is 1.33. The third kappa shape index (κ3) is 3.67. The fourth-order valence-corrected chi connectivity index (χ4v) is 2.77. The average Bonchev–Trinajstić information content (AvgIpc) is 2.14. The van der Waals surface area contributed by atoms with Crippen LogP contribution in [0.2, 0.25) is 0 Å². The highest BCUT2D eigenvalue weighted by molar-refractivity contribution is 7.85. The molecule has 2 N–H and O–H groups in total. The van der Waals surface area contributed by atoms with E-state index in [0.29, 0.717) is 17.4 Å². The summed E-state index contributed by atoms with van der Waals surface area (Å²) < 4.78 is 11.9. The van der Waals surface area contributed by atoms with E-state index in [1.807, 2.05) is 25.1 Å². The second-order valence-corrected chi connectivity index (χ2v) is 5.81. The SMILES string of the molecule is Cc1ccc(S(=O)CCC(C)C)c(N)c1. The van der Waals surface area contributed by atoms with Crippen LogP contribution in [0.5, 0.6) is 0 Å². The Morgan fingerprint density at radius 2 is 2.07 bits per heavy atom. The Bertz CT molecular complexity index is 361. The van der Waals surface area contributed by atoms with Crippen molar-refractivity contribution in [1.29, 1.82) is 0 Å². The topological polar surface area (TPSA) is 43.1 Å². The maximum Gasteiger partial charge on any atom is 0.0617 e. The minimum atomic E-state index is -0.949. The van der Waals surface area contributed by atoms with Crippen LogP contribution < -0.4 is 5.73 Å². The summed E-state index contributed by atoms with van der Waals surface area (Å²) in [5, 5.41) is 0. The highest BCUT2D eigenvalue weighted by atomic mass is 32.2. The molecule has 0 aliphatic carbocycles. The standard InChI is InChI=1S/C12H19NOS/c1-9(2)6-7-15(14)12-5-4-10(3)8-11(12)13/h4-5,8-9H,6-7,13H2,1-3H3. The Morgan fingerprint density at radius 1 is 1.40 bits per heavy atom. The van der Waals surface area contributed by atoms with Crippen molar-refractivity contribution in [2.24, 2.45) is 5.92 Å². The van der Waals surface area contributed by atoms with Gasteiger partial charge in [0.05, 0.1) is 15.7 Å². The lowest BCUT2D eigenvalue weighted by Gasteiger charge is -2.08. The van der Waals surface area contributed by atoms with Gasteiger partial charge in [0.1, 0.15) is 0 Å². The number of benzene rings is 1. The second kappa shape index (κ2) is 5.31. The molecule has 0 saturated carbocycles. The molecule has 1 aromatic rings. The molecule has 0 aromatic heterocycles. The van der Waals surface area contributed by atoms with E-state index in [1.165, 1.54) is 0 Å². The molecular weight excluding hydrogens is 206 g/mol. The number of anilines is 1. The summed E-state index contributed by atoms with van der Waals surface area (Å²) in [6, 6.07) is 5.71. The van der Waals surface area contributed by atoms with E-state index in [0.717, 1.165) is 16.9 Å². The van der Waals surface area contributed by atoms with Crippen LogP contribution >= 0.6 is 0 Å².